The van der Waals surface area contributed by atoms with Gasteiger partial charge in [-0.15, -0.1) is 0 Å². The predicted molar refractivity (Wildman–Crippen MR) is 105 cm³/mol. The molecule has 2 aromatic rings. The van der Waals surface area contributed by atoms with Gasteiger partial charge in [0.15, 0.2) is 0 Å². The van der Waals surface area contributed by atoms with E-state index < -0.39 is 0 Å². The molecular formula is C22H28N2O2. The third-order valence-electron chi connectivity index (χ3n) is 4.48. The summed E-state index contributed by atoms with van der Waals surface area (Å²) in [6, 6.07) is 18.3. The Hall–Kier alpha value is -2.62. The number of hydrogen-bond donors (Lipinski definition) is 1. The number of nitrogens with one attached hydrogen (secondary N) is 1. The average molecular weight is 352 g/mol. The van der Waals surface area contributed by atoms with Gasteiger partial charge in [0.1, 0.15) is 0 Å². The fraction of sp³-hybridized carbons (Fsp3) is 0.364. The van der Waals surface area contributed by atoms with Crippen molar-refractivity contribution in [3.05, 3.63) is 71.3 Å². The van der Waals surface area contributed by atoms with Gasteiger partial charge in [-0.1, -0.05) is 54.6 Å². The molecule has 2 rings (SSSR count). The van der Waals surface area contributed by atoms with Crippen LogP contribution in [0.5, 0.6) is 0 Å². The van der Waals surface area contributed by atoms with E-state index in [0.29, 0.717) is 26.1 Å². The zero-order valence-corrected chi connectivity index (χ0v) is 15.7. The van der Waals surface area contributed by atoms with Gasteiger partial charge in [-0.05, 0) is 36.5 Å². The molecule has 0 aliphatic heterocycles. The van der Waals surface area contributed by atoms with Gasteiger partial charge in [-0.3, -0.25) is 9.59 Å². The van der Waals surface area contributed by atoms with Gasteiger partial charge >= 0.3 is 0 Å². The van der Waals surface area contributed by atoms with Gasteiger partial charge in [0, 0.05) is 33.0 Å². The number of rotatable bonds is 9. The smallest absolute Gasteiger partial charge is 0.221 e. The van der Waals surface area contributed by atoms with E-state index in [1.54, 1.807) is 11.8 Å². The third-order valence-corrected chi connectivity index (χ3v) is 4.48. The first kappa shape index (κ1) is 19.7. The first-order chi connectivity index (χ1) is 12.6. The lowest BCUT2D eigenvalue weighted by Crippen LogP contribution is -2.34. The minimum atomic E-state index is -0.00914. The standard InChI is InChI=1S/C22H28N2O2/c1-18-9-6-7-13-21(18)17-24(19(2)25)16-14-22(26)23-15-8-12-20-10-4-3-5-11-20/h3-7,9-11,13H,8,12,14-17H2,1-2H3,(H,23,26). The summed E-state index contributed by atoms with van der Waals surface area (Å²) in [5, 5.41) is 2.95. The maximum absolute atomic E-state index is 12.1. The van der Waals surface area contributed by atoms with Crippen molar-refractivity contribution in [2.24, 2.45) is 0 Å². The highest BCUT2D eigenvalue weighted by atomic mass is 16.2. The highest BCUT2D eigenvalue weighted by molar-refractivity contribution is 5.78. The fourth-order valence-corrected chi connectivity index (χ4v) is 2.83. The molecule has 0 atom stereocenters. The maximum atomic E-state index is 12.1. The molecule has 4 heteroatoms. The molecule has 0 spiro atoms. The Labute approximate surface area is 156 Å². The Balaban J connectivity index is 1.71. The molecule has 138 valence electrons. The van der Waals surface area contributed by atoms with Crippen LogP contribution in [-0.2, 0) is 22.6 Å². The molecule has 0 saturated heterocycles. The minimum absolute atomic E-state index is 0.00547. The van der Waals surface area contributed by atoms with Crippen LogP contribution in [-0.4, -0.2) is 29.8 Å². The summed E-state index contributed by atoms with van der Waals surface area (Å²) in [5.74, 6) is -0.0146. The molecule has 0 aliphatic carbocycles. The highest BCUT2D eigenvalue weighted by Gasteiger charge is 2.12. The zero-order valence-electron chi connectivity index (χ0n) is 15.7. The molecule has 2 amide bonds. The lowest BCUT2D eigenvalue weighted by molar-refractivity contribution is -0.130. The van der Waals surface area contributed by atoms with E-state index in [0.717, 1.165) is 24.0 Å². The Kier molecular flexibility index (Phi) is 7.87. The molecule has 0 unspecified atom stereocenters. The Bertz CT molecular complexity index is 713. The Morgan fingerprint density at radius 3 is 2.38 bits per heavy atom. The van der Waals surface area contributed by atoms with Crippen LogP contribution in [0.3, 0.4) is 0 Å². The second-order valence-electron chi connectivity index (χ2n) is 6.56. The van der Waals surface area contributed by atoms with E-state index >= 15 is 0 Å². The summed E-state index contributed by atoms with van der Waals surface area (Å²) in [4.78, 5) is 25.7. The molecule has 0 aliphatic rings. The first-order valence-electron chi connectivity index (χ1n) is 9.17. The molecule has 0 bridgehead atoms. The molecule has 1 N–H and O–H groups in total. The largest absolute Gasteiger partial charge is 0.356 e. The van der Waals surface area contributed by atoms with Gasteiger partial charge in [0.25, 0.3) is 0 Å². The molecule has 4 nitrogen and oxygen atoms in total. The monoisotopic (exact) mass is 352 g/mol. The molecule has 0 aromatic heterocycles. The number of nitrogens with zero attached hydrogens (tertiary/aromatic N) is 1. The lowest BCUT2D eigenvalue weighted by atomic mass is 10.1. The van der Waals surface area contributed by atoms with E-state index in [1.807, 2.05) is 49.4 Å². The zero-order chi connectivity index (χ0) is 18.8. The van der Waals surface area contributed by atoms with E-state index in [9.17, 15) is 9.59 Å². The van der Waals surface area contributed by atoms with Crippen molar-refractivity contribution in [3.63, 3.8) is 0 Å². The van der Waals surface area contributed by atoms with E-state index in [2.05, 4.69) is 17.4 Å². The van der Waals surface area contributed by atoms with E-state index in [1.165, 1.54) is 5.56 Å². The van der Waals surface area contributed by atoms with Gasteiger partial charge in [-0.25, -0.2) is 0 Å². The molecule has 0 radical (unpaired) electrons. The third kappa shape index (κ3) is 6.71. The number of benzene rings is 2. The van der Waals surface area contributed by atoms with Crippen molar-refractivity contribution in [1.82, 2.24) is 10.2 Å². The molecule has 0 heterocycles. The van der Waals surface area contributed by atoms with Gasteiger partial charge < -0.3 is 10.2 Å². The van der Waals surface area contributed by atoms with Crippen LogP contribution in [0.1, 0.15) is 36.5 Å². The van der Waals surface area contributed by atoms with Gasteiger partial charge in [-0.2, -0.15) is 0 Å². The molecule has 26 heavy (non-hydrogen) atoms. The van der Waals surface area contributed by atoms with Crippen molar-refractivity contribution in [1.29, 1.82) is 0 Å². The number of carbonyl (C=O) groups excluding carboxylic acids is 2. The van der Waals surface area contributed by atoms with Gasteiger partial charge in [0.05, 0.1) is 0 Å². The van der Waals surface area contributed by atoms with Crippen molar-refractivity contribution >= 4 is 11.8 Å². The average Bonchev–Trinajstić information content (AvgIpc) is 2.64. The summed E-state index contributed by atoms with van der Waals surface area (Å²) in [7, 11) is 0. The summed E-state index contributed by atoms with van der Waals surface area (Å²) < 4.78 is 0. The summed E-state index contributed by atoms with van der Waals surface area (Å²) in [5.41, 5.74) is 3.55. The first-order valence-corrected chi connectivity index (χ1v) is 9.17. The van der Waals surface area contributed by atoms with Gasteiger partial charge in [0.2, 0.25) is 11.8 Å². The van der Waals surface area contributed by atoms with Crippen LogP contribution >= 0.6 is 0 Å². The molecule has 2 aromatic carbocycles. The second kappa shape index (κ2) is 10.4. The SMILES string of the molecule is CC(=O)N(CCC(=O)NCCCc1ccccc1)Cc1ccccc1C. The molecule has 0 fully saturated rings. The molecular weight excluding hydrogens is 324 g/mol. The van der Waals surface area contributed by atoms with Crippen molar-refractivity contribution in [3.8, 4) is 0 Å². The van der Waals surface area contributed by atoms with E-state index in [4.69, 9.17) is 0 Å². The van der Waals surface area contributed by atoms with Crippen LogP contribution in [0.4, 0.5) is 0 Å². The highest BCUT2D eigenvalue weighted by Crippen LogP contribution is 2.11. The quantitative estimate of drug-likeness (QED) is 0.703. The van der Waals surface area contributed by atoms with Crippen LogP contribution < -0.4 is 5.32 Å². The number of carbonyl (C=O) groups is 2. The van der Waals surface area contributed by atoms with Crippen molar-refractivity contribution in [2.75, 3.05) is 13.1 Å². The normalized spacial score (nSPS) is 10.4. The summed E-state index contributed by atoms with van der Waals surface area (Å²) in [6.07, 6.45) is 2.19. The fourth-order valence-electron chi connectivity index (χ4n) is 2.83. The topological polar surface area (TPSA) is 49.4 Å². The van der Waals surface area contributed by atoms with Crippen LogP contribution in [0.25, 0.3) is 0 Å². The number of aryl methyl sites for hydroxylation is 2. The lowest BCUT2D eigenvalue weighted by Gasteiger charge is -2.22. The summed E-state index contributed by atoms with van der Waals surface area (Å²) >= 11 is 0. The minimum Gasteiger partial charge on any atom is -0.356 e. The predicted octanol–water partition coefficient (Wildman–Crippen LogP) is 3.48. The van der Waals surface area contributed by atoms with E-state index in [-0.39, 0.29) is 11.8 Å². The van der Waals surface area contributed by atoms with Crippen LogP contribution in [0, 0.1) is 6.92 Å². The van der Waals surface area contributed by atoms with Crippen LogP contribution in [0.15, 0.2) is 54.6 Å². The number of hydrogen-bond acceptors (Lipinski definition) is 2. The van der Waals surface area contributed by atoms with Crippen molar-refractivity contribution in [2.45, 2.75) is 39.7 Å². The Morgan fingerprint density at radius 2 is 1.69 bits per heavy atom. The maximum Gasteiger partial charge on any atom is 0.221 e. The molecule has 0 saturated carbocycles. The number of amides is 2. The summed E-state index contributed by atoms with van der Waals surface area (Å²) in [6.45, 7) is 5.23. The Morgan fingerprint density at radius 1 is 1.00 bits per heavy atom. The van der Waals surface area contributed by atoms with Crippen molar-refractivity contribution < 1.29 is 9.59 Å². The second-order valence-corrected chi connectivity index (χ2v) is 6.56. The van der Waals surface area contributed by atoms with Crippen LogP contribution in [0.2, 0.25) is 0 Å².